The van der Waals surface area contributed by atoms with Gasteiger partial charge in [-0.25, -0.2) is 4.39 Å². The van der Waals surface area contributed by atoms with Crippen molar-refractivity contribution in [2.24, 2.45) is 5.41 Å². The van der Waals surface area contributed by atoms with Crippen LogP contribution in [0.25, 0.3) is 0 Å². The van der Waals surface area contributed by atoms with E-state index >= 15 is 0 Å². The largest absolute Gasteiger partial charge is 0.487 e. The molecule has 1 aromatic rings. The Morgan fingerprint density at radius 2 is 2.06 bits per heavy atom. The van der Waals surface area contributed by atoms with Crippen LogP contribution in [0.4, 0.5) is 4.39 Å². The Bertz CT molecular complexity index is 427. The Morgan fingerprint density at radius 3 is 2.61 bits per heavy atom. The molecule has 2 rings (SSSR count). The van der Waals surface area contributed by atoms with Crippen molar-refractivity contribution in [1.29, 1.82) is 0 Å². The van der Waals surface area contributed by atoms with Crippen LogP contribution in [0, 0.1) is 18.2 Å². The summed E-state index contributed by atoms with van der Waals surface area (Å²) in [6, 6.07) is 5.18. The number of ether oxygens (including phenoxy) is 1. The third-order valence-electron chi connectivity index (χ3n) is 4.48. The van der Waals surface area contributed by atoms with Crippen LogP contribution in [0.1, 0.15) is 38.7 Å². The molecule has 0 spiro atoms. The predicted octanol–water partition coefficient (Wildman–Crippen LogP) is 3.45. The SMILES string of the molecule is CCC1(CC)C(O)CC1Oc1cccc(C)c1F. The van der Waals surface area contributed by atoms with E-state index in [9.17, 15) is 9.50 Å². The van der Waals surface area contributed by atoms with Crippen LogP contribution in [0.5, 0.6) is 5.75 Å². The summed E-state index contributed by atoms with van der Waals surface area (Å²) in [5.41, 5.74) is 0.377. The molecule has 0 heterocycles. The lowest BCUT2D eigenvalue weighted by molar-refractivity contribution is -0.160. The van der Waals surface area contributed by atoms with Gasteiger partial charge in [0.25, 0.3) is 0 Å². The number of hydrogen-bond acceptors (Lipinski definition) is 2. The summed E-state index contributed by atoms with van der Waals surface area (Å²) in [5.74, 6) is 0.0122. The van der Waals surface area contributed by atoms with Crippen molar-refractivity contribution in [1.82, 2.24) is 0 Å². The van der Waals surface area contributed by atoms with Gasteiger partial charge in [0.2, 0.25) is 0 Å². The summed E-state index contributed by atoms with van der Waals surface area (Å²) in [7, 11) is 0. The monoisotopic (exact) mass is 252 g/mol. The summed E-state index contributed by atoms with van der Waals surface area (Å²) in [6.07, 6.45) is 1.88. The molecule has 2 unspecified atom stereocenters. The molecule has 1 aliphatic carbocycles. The number of rotatable bonds is 4. The lowest BCUT2D eigenvalue weighted by Gasteiger charge is -2.52. The third kappa shape index (κ3) is 1.91. The van der Waals surface area contributed by atoms with E-state index < -0.39 is 0 Å². The first-order chi connectivity index (χ1) is 8.55. The molecule has 0 radical (unpaired) electrons. The number of hydrogen-bond donors (Lipinski definition) is 1. The Balaban J connectivity index is 2.18. The second-order valence-electron chi connectivity index (χ2n) is 5.19. The first-order valence-electron chi connectivity index (χ1n) is 6.65. The highest BCUT2D eigenvalue weighted by Gasteiger charge is 2.53. The number of aliphatic hydroxyl groups excluding tert-OH is 1. The lowest BCUT2D eigenvalue weighted by atomic mass is 9.60. The van der Waals surface area contributed by atoms with Gasteiger partial charge in [-0.3, -0.25) is 0 Å². The molecular formula is C15H21FO2. The second kappa shape index (κ2) is 4.88. The molecule has 1 fully saturated rings. The van der Waals surface area contributed by atoms with E-state index in [0.29, 0.717) is 17.7 Å². The first kappa shape index (κ1) is 13.3. The van der Waals surface area contributed by atoms with E-state index in [0.717, 1.165) is 12.8 Å². The van der Waals surface area contributed by atoms with Gasteiger partial charge in [0.05, 0.1) is 6.10 Å². The van der Waals surface area contributed by atoms with Gasteiger partial charge in [-0.2, -0.15) is 0 Å². The third-order valence-corrected chi connectivity index (χ3v) is 4.48. The molecule has 1 aromatic carbocycles. The van der Waals surface area contributed by atoms with E-state index in [4.69, 9.17) is 4.74 Å². The maximum atomic E-state index is 13.9. The molecule has 3 heteroatoms. The van der Waals surface area contributed by atoms with Gasteiger partial charge in [0.1, 0.15) is 6.10 Å². The van der Waals surface area contributed by atoms with Gasteiger partial charge in [-0.15, -0.1) is 0 Å². The van der Waals surface area contributed by atoms with Gasteiger partial charge in [-0.1, -0.05) is 26.0 Å². The van der Waals surface area contributed by atoms with Crippen molar-refractivity contribution < 1.29 is 14.2 Å². The summed E-state index contributed by atoms with van der Waals surface area (Å²) < 4.78 is 19.7. The standard InChI is InChI=1S/C15H21FO2/c1-4-15(5-2)12(17)9-13(15)18-11-8-6-7-10(3)14(11)16/h6-8,12-13,17H,4-5,9H2,1-3H3. The molecular weight excluding hydrogens is 231 g/mol. The fourth-order valence-electron chi connectivity index (χ4n) is 2.93. The Morgan fingerprint density at radius 1 is 1.39 bits per heavy atom. The molecule has 0 amide bonds. The lowest BCUT2D eigenvalue weighted by Crippen LogP contribution is -2.59. The average molecular weight is 252 g/mol. The zero-order valence-electron chi connectivity index (χ0n) is 11.2. The van der Waals surface area contributed by atoms with Crippen LogP contribution < -0.4 is 4.74 Å². The van der Waals surface area contributed by atoms with Crippen molar-refractivity contribution in [3.05, 3.63) is 29.6 Å². The van der Waals surface area contributed by atoms with Gasteiger partial charge >= 0.3 is 0 Å². The molecule has 0 aliphatic heterocycles. The molecule has 0 saturated heterocycles. The van der Waals surface area contributed by atoms with Crippen molar-refractivity contribution >= 4 is 0 Å². The molecule has 2 nitrogen and oxygen atoms in total. The Labute approximate surface area is 108 Å². The molecule has 0 bridgehead atoms. The minimum absolute atomic E-state index is 0.0844. The Hall–Kier alpha value is -1.09. The van der Waals surface area contributed by atoms with Crippen LogP contribution in [0.3, 0.4) is 0 Å². The fourth-order valence-corrected chi connectivity index (χ4v) is 2.93. The molecule has 1 N–H and O–H groups in total. The molecule has 0 aromatic heterocycles. The molecule has 1 aliphatic rings. The van der Waals surface area contributed by atoms with Gasteiger partial charge in [0.15, 0.2) is 11.6 Å². The number of benzene rings is 1. The quantitative estimate of drug-likeness (QED) is 0.889. The summed E-state index contributed by atoms with van der Waals surface area (Å²) in [4.78, 5) is 0. The highest BCUT2D eigenvalue weighted by atomic mass is 19.1. The number of halogens is 1. The van der Waals surface area contributed by atoms with Crippen LogP contribution >= 0.6 is 0 Å². The summed E-state index contributed by atoms with van der Waals surface area (Å²) in [5, 5.41) is 9.96. The van der Waals surface area contributed by atoms with Crippen LogP contribution in [0.2, 0.25) is 0 Å². The maximum absolute atomic E-state index is 13.9. The summed E-state index contributed by atoms with van der Waals surface area (Å²) >= 11 is 0. The fraction of sp³-hybridized carbons (Fsp3) is 0.600. The zero-order chi connectivity index (χ0) is 13.3. The number of aryl methyl sites for hydroxylation is 1. The van der Waals surface area contributed by atoms with Crippen LogP contribution in [0.15, 0.2) is 18.2 Å². The first-order valence-corrected chi connectivity index (χ1v) is 6.65. The highest BCUT2D eigenvalue weighted by Crippen LogP contribution is 2.49. The smallest absolute Gasteiger partial charge is 0.167 e. The predicted molar refractivity (Wildman–Crippen MR) is 69.2 cm³/mol. The van der Waals surface area contributed by atoms with Gasteiger partial charge in [0, 0.05) is 11.8 Å². The highest BCUT2D eigenvalue weighted by molar-refractivity contribution is 5.31. The Kier molecular flexibility index (Phi) is 3.62. The maximum Gasteiger partial charge on any atom is 0.167 e. The van der Waals surface area contributed by atoms with Crippen LogP contribution in [-0.2, 0) is 0 Å². The van der Waals surface area contributed by atoms with Crippen molar-refractivity contribution in [3.8, 4) is 5.75 Å². The average Bonchev–Trinajstić information content (AvgIpc) is 2.36. The van der Waals surface area contributed by atoms with Crippen molar-refractivity contribution in [2.75, 3.05) is 0 Å². The minimum atomic E-state index is -0.328. The number of aliphatic hydroxyl groups is 1. The molecule has 1 saturated carbocycles. The molecule has 100 valence electrons. The van der Waals surface area contributed by atoms with E-state index in [1.807, 2.05) is 0 Å². The second-order valence-corrected chi connectivity index (χ2v) is 5.19. The van der Waals surface area contributed by atoms with Crippen LogP contribution in [-0.4, -0.2) is 17.3 Å². The zero-order valence-corrected chi connectivity index (χ0v) is 11.2. The van der Waals surface area contributed by atoms with E-state index in [2.05, 4.69) is 13.8 Å². The topological polar surface area (TPSA) is 29.5 Å². The van der Waals surface area contributed by atoms with Crippen molar-refractivity contribution in [3.63, 3.8) is 0 Å². The van der Waals surface area contributed by atoms with Crippen molar-refractivity contribution in [2.45, 2.75) is 52.2 Å². The molecule has 2 atom stereocenters. The van der Waals surface area contributed by atoms with Gasteiger partial charge < -0.3 is 9.84 Å². The van der Waals surface area contributed by atoms with E-state index in [1.165, 1.54) is 0 Å². The minimum Gasteiger partial charge on any atom is -0.487 e. The molecule has 18 heavy (non-hydrogen) atoms. The van der Waals surface area contributed by atoms with E-state index in [-0.39, 0.29) is 23.4 Å². The van der Waals surface area contributed by atoms with E-state index in [1.54, 1.807) is 25.1 Å². The summed E-state index contributed by atoms with van der Waals surface area (Å²) in [6.45, 7) is 5.83. The van der Waals surface area contributed by atoms with Gasteiger partial charge in [-0.05, 0) is 31.4 Å². The normalized spacial score (nSPS) is 25.6.